The third-order valence-electron chi connectivity index (χ3n) is 4.52. The van der Waals surface area contributed by atoms with E-state index in [1.54, 1.807) is 29.2 Å². The summed E-state index contributed by atoms with van der Waals surface area (Å²) in [6.45, 7) is 0.740. The summed E-state index contributed by atoms with van der Waals surface area (Å²) in [5.41, 5.74) is 1.27. The first-order valence-corrected chi connectivity index (χ1v) is 10.3. The van der Waals surface area contributed by atoms with Crippen molar-refractivity contribution in [2.45, 2.75) is 24.3 Å². The number of methoxy groups -OCH3 is 1. The molecule has 0 unspecified atom stereocenters. The molecule has 0 aliphatic carbocycles. The van der Waals surface area contributed by atoms with Gasteiger partial charge in [0.25, 0.3) is 0 Å². The summed E-state index contributed by atoms with van der Waals surface area (Å²) in [5, 5.41) is 0.553. The van der Waals surface area contributed by atoms with Gasteiger partial charge in [0.05, 0.1) is 17.7 Å². The van der Waals surface area contributed by atoms with Gasteiger partial charge in [-0.15, -0.1) is 0 Å². The van der Waals surface area contributed by atoms with E-state index >= 15 is 0 Å². The highest BCUT2D eigenvalue weighted by Crippen LogP contribution is 2.34. The second kappa shape index (κ2) is 7.88. The lowest BCUT2D eigenvalue weighted by Crippen LogP contribution is -2.28. The molecule has 0 aromatic heterocycles. The van der Waals surface area contributed by atoms with E-state index in [0.717, 1.165) is 12.0 Å². The van der Waals surface area contributed by atoms with E-state index in [1.807, 2.05) is 6.07 Å². The maximum atomic E-state index is 13.0. The fourth-order valence-electron chi connectivity index (χ4n) is 3.10. The van der Waals surface area contributed by atoms with Gasteiger partial charge in [0.1, 0.15) is 5.75 Å². The van der Waals surface area contributed by atoms with Gasteiger partial charge in [-0.2, -0.15) is 4.31 Å². The average Bonchev–Trinajstić information content (AvgIpc) is 3.07. The molecule has 1 amide bonds. The first kappa shape index (κ1) is 19.7. The summed E-state index contributed by atoms with van der Waals surface area (Å²) in [6.07, 6.45) is 1.20. The van der Waals surface area contributed by atoms with Crippen LogP contribution in [0.1, 0.15) is 18.4 Å². The largest absolute Gasteiger partial charge is 0.495 e. The van der Waals surface area contributed by atoms with Crippen LogP contribution in [-0.4, -0.2) is 39.3 Å². The minimum atomic E-state index is -3.75. The Hall–Kier alpha value is -2.09. The highest BCUT2D eigenvalue weighted by molar-refractivity contribution is 7.89. The van der Waals surface area contributed by atoms with Crippen LogP contribution in [-0.2, 0) is 21.4 Å². The smallest absolute Gasteiger partial charge is 0.243 e. The highest BCUT2D eigenvalue weighted by atomic mass is 35.5. The zero-order chi connectivity index (χ0) is 19.6. The molecule has 8 heteroatoms. The molecule has 1 fully saturated rings. The third-order valence-corrected chi connectivity index (χ3v) is 6.55. The lowest BCUT2D eigenvalue weighted by Gasteiger charge is -2.22. The maximum Gasteiger partial charge on any atom is 0.243 e. The Labute approximate surface area is 164 Å². The van der Waals surface area contributed by atoms with Crippen molar-refractivity contribution in [1.82, 2.24) is 4.31 Å². The number of carbonyl (C=O) groups excluding carboxylic acids is 1. The Morgan fingerprint density at radius 1 is 1.22 bits per heavy atom. The standard InChI is InChI=1S/C19H21ClN2O4S/c1-21(13-14-5-3-6-15(20)11-14)27(24,25)16-8-9-18(26-2)17(12-16)22-10-4-7-19(22)23/h3,5-6,8-9,11-12H,4,7,10,13H2,1-2H3. The quantitative estimate of drug-likeness (QED) is 0.735. The Morgan fingerprint density at radius 3 is 2.63 bits per heavy atom. The monoisotopic (exact) mass is 408 g/mol. The van der Waals surface area contributed by atoms with E-state index in [1.165, 1.54) is 30.6 Å². The summed E-state index contributed by atoms with van der Waals surface area (Å²) < 4.78 is 32.6. The molecular weight excluding hydrogens is 388 g/mol. The number of hydrogen-bond donors (Lipinski definition) is 0. The van der Waals surface area contributed by atoms with Gasteiger partial charge in [-0.25, -0.2) is 8.42 Å². The van der Waals surface area contributed by atoms with E-state index in [0.29, 0.717) is 29.4 Å². The Balaban J connectivity index is 1.93. The summed E-state index contributed by atoms with van der Waals surface area (Å²) >= 11 is 5.98. The van der Waals surface area contributed by atoms with E-state index in [2.05, 4.69) is 0 Å². The Morgan fingerprint density at radius 2 is 2.00 bits per heavy atom. The molecule has 27 heavy (non-hydrogen) atoms. The second-order valence-electron chi connectivity index (χ2n) is 6.37. The molecular formula is C19H21ClN2O4S. The Bertz CT molecular complexity index is 962. The molecule has 0 spiro atoms. The molecule has 1 aliphatic heterocycles. The van der Waals surface area contributed by atoms with Crippen LogP contribution in [0.3, 0.4) is 0 Å². The zero-order valence-corrected chi connectivity index (χ0v) is 16.8. The molecule has 0 saturated carbocycles. The normalized spacial score (nSPS) is 14.8. The van der Waals surface area contributed by atoms with Gasteiger partial charge in [-0.1, -0.05) is 23.7 Å². The minimum Gasteiger partial charge on any atom is -0.495 e. The van der Waals surface area contributed by atoms with Crippen LogP contribution in [0.4, 0.5) is 5.69 Å². The molecule has 144 valence electrons. The molecule has 3 rings (SSSR count). The predicted molar refractivity (Wildman–Crippen MR) is 105 cm³/mol. The van der Waals surface area contributed by atoms with Gasteiger partial charge in [-0.3, -0.25) is 4.79 Å². The van der Waals surface area contributed by atoms with Crippen molar-refractivity contribution in [1.29, 1.82) is 0 Å². The zero-order valence-electron chi connectivity index (χ0n) is 15.2. The topological polar surface area (TPSA) is 66.9 Å². The summed E-state index contributed by atoms with van der Waals surface area (Å²) in [4.78, 5) is 13.8. The first-order valence-electron chi connectivity index (χ1n) is 8.52. The van der Waals surface area contributed by atoms with Crippen LogP contribution in [0.2, 0.25) is 5.02 Å². The first-order chi connectivity index (χ1) is 12.8. The van der Waals surface area contributed by atoms with Crippen molar-refractivity contribution in [2.24, 2.45) is 0 Å². The molecule has 0 radical (unpaired) electrons. The second-order valence-corrected chi connectivity index (χ2v) is 8.85. The highest BCUT2D eigenvalue weighted by Gasteiger charge is 2.28. The van der Waals surface area contributed by atoms with Gasteiger partial charge in [0.2, 0.25) is 15.9 Å². The minimum absolute atomic E-state index is 0.0323. The van der Waals surface area contributed by atoms with Crippen LogP contribution >= 0.6 is 11.6 Å². The van der Waals surface area contributed by atoms with Crippen molar-refractivity contribution in [3.8, 4) is 5.75 Å². The van der Waals surface area contributed by atoms with Crippen LogP contribution in [0.15, 0.2) is 47.4 Å². The lowest BCUT2D eigenvalue weighted by atomic mass is 10.2. The molecule has 2 aromatic rings. The van der Waals surface area contributed by atoms with Gasteiger partial charge < -0.3 is 9.64 Å². The molecule has 0 bridgehead atoms. The molecule has 1 saturated heterocycles. The maximum absolute atomic E-state index is 13.0. The van der Waals surface area contributed by atoms with E-state index < -0.39 is 10.0 Å². The van der Waals surface area contributed by atoms with Crippen molar-refractivity contribution in [2.75, 3.05) is 25.6 Å². The van der Waals surface area contributed by atoms with Crippen LogP contribution in [0.25, 0.3) is 0 Å². The molecule has 0 N–H and O–H groups in total. The number of nitrogens with zero attached hydrogens (tertiary/aromatic N) is 2. The number of sulfonamides is 1. The fourth-order valence-corrected chi connectivity index (χ4v) is 4.49. The fraction of sp³-hybridized carbons (Fsp3) is 0.316. The van der Waals surface area contributed by atoms with Gasteiger partial charge in [-0.05, 0) is 42.3 Å². The number of amides is 1. The molecule has 0 atom stereocenters. The number of ether oxygens (including phenoxy) is 1. The number of hydrogen-bond acceptors (Lipinski definition) is 4. The van der Waals surface area contributed by atoms with Crippen LogP contribution in [0, 0.1) is 0 Å². The van der Waals surface area contributed by atoms with E-state index in [-0.39, 0.29) is 17.3 Å². The lowest BCUT2D eigenvalue weighted by molar-refractivity contribution is -0.117. The van der Waals surface area contributed by atoms with Crippen LogP contribution < -0.4 is 9.64 Å². The van der Waals surface area contributed by atoms with Crippen LogP contribution in [0.5, 0.6) is 5.75 Å². The molecule has 1 aliphatic rings. The number of carbonyl (C=O) groups is 1. The average molecular weight is 409 g/mol. The van der Waals surface area contributed by atoms with Crippen molar-refractivity contribution < 1.29 is 17.9 Å². The van der Waals surface area contributed by atoms with Crippen molar-refractivity contribution in [3.05, 3.63) is 53.1 Å². The van der Waals surface area contributed by atoms with E-state index in [4.69, 9.17) is 16.3 Å². The predicted octanol–water partition coefficient (Wildman–Crippen LogP) is 3.30. The van der Waals surface area contributed by atoms with Gasteiger partial charge >= 0.3 is 0 Å². The summed E-state index contributed by atoms with van der Waals surface area (Å²) in [6, 6.07) is 11.7. The third kappa shape index (κ3) is 4.10. The van der Waals surface area contributed by atoms with Crippen molar-refractivity contribution >= 4 is 33.2 Å². The van der Waals surface area contributed by atoms with E-state index in [9.17, 15) is 13.2 Å². The number of halogens is 1. The SMILES string of the molecule is COc1ccc(S(=O)(=O)N(C)Cc2cccc(Cl)c2)cc1N1CCCC1=O. The Kier molecular flexibility index (Phi) is 5.74. The summed E-state index contributed by atoms with van der Waals surface area (Å²) in [5.74, 6) is 0.442. The van der Waals surface area contributed by atoms with Gasteiger partial charge in [0, 0.05) is 31.6 Å². The number of anilines is 1. The van der Waals surface area contributed by atoms with Crippen molar-refractivity contribution in [3.63, 3.8) is 0 Å². The summed E-state index contributed by atoms with van der Waals surface area (Å²) in [7, 11) is -0.734. The molecule has 6 nitrogen and oxygen atoms in total. The molecule has 1 heterocycles. The van der Waals surface area contributed by atoms with Gasteiger partial charge in [0.15, 0.2) is 0 Å². The molecule has 2 aromatic carbocycles. The number of rotatable bonds is 6. The number of benzene rings is 2.